The van der Waals surface area contributed by atoms with Crippen LogP contribution in [0.3, 0.4) is 0 Å². The Morgan fingerprint density at radius 3 is 2.35 bits per heavy atom. The maximum Gasteiger partial charge on any atom is 0.340 e. The Bertz CT molecular complexity index is 387. The van der Waals surface area contributed by atoms with Gasteiger partial charge >= 0.3 is 5.97 Å². The lowest BCUT2D eigenvalue weighted by molar-refractivity contribution is -0.138. The molecule has 1 aromatic rings. The Kier molecular flexibility index (Phi) is 5.11. The topological polar surface area (TPSA) is 37.3 Å². The molecule has 0 bridgehead atoms. The van der Waals surface area contributed by atoms with Crippen LogP contribution in [-0.2, 0) is 11.2 Å². The van der Waals surface area contributed by atoms with E-state index in [1.54, 1.807) is 12.1 Å². The molecule has 1 aromatic carbocycles. The summed E-state index contributed by atoms with van der Waals surface area (Å²) in [5, 5.41) is 9.49. The van der Waals surface area contributed by atoms with Crippen LogP contribution in [0.4, 0.5) is 0 Å². The highest BCUT2D eigenvalue weighted by Gasteiger charge is 2.35. The summed E-state index contributed by atoms with van der Waals surface area (Å²) in [4.78, 5) is 10.8. The van der Waals surface area contributed by atoms with Crippen molar-refractivity contribution in [1.82, 2.24) is 0 Å². The molecule has 0 amide bonds. The molecule has 1 atom stereocenters. The van der Waals surface area contributed by atoms with E-state index in [0.717, 1.165) is 5.56 Å². The second-order valence-electron chi connectivity index (χ2n) is 4.15. The van der Waals surface area contributed by atoms with Crippen LogP contribution in [0.1, 0.15) is 18.9 Å². The number of carboxylic acids is 1. The van der Waals surface area contributed by atoms with Crippen molar-refractivity contribution in [2.75, 3.05) is 0 Å². The first-order chi connectivity index (χ1) is 7.81. The van der Waals surface area contributed by atoms with Crippen molar-refractivity contribution in [2.45, 2.75) is 24.1 Å². The van der Waals surface area contributed by atoms with Gasteiger partial charge in [0, 0.05) is 5.02 Å². The van der Waals surface area contributed by atoms with Crippen LogP contribution >= 0.6 is 34.8 Å². The Morgan fingerprint density at radius 1 is 1.35 bits per heavy atom. The van der Waals surface area contributed by atoms with E-state index in [1.165, 1.54) is 0 Å². The summed E-state index contributed by atoms with van der Waals surface area (Å²) in [6.07, 6.45) is 0.916. The van der Waals surface area contributed by atoms with Gasteiger partial charge in [-0.1, -0.05) is 53.9 Å². The van der Waals surface area contributed by atoms with E-state index in [0.29, 0.717) is 11.4 Å². The molecule has 0 saturated carbocycles. The molecule has 5 heteroatoms. The van der Waals surface area contributed by atoms with Gasteiger partial charge in [0.1, 0.15) is 0 Å². The highest BCUT2D eigenvalue weighted by Crippen LogP contribution is 2.31. The standard InChI is InChI=1S/C12H13Cl3O2/c1-8(7-12(14,15)11(16)17)6-9-2-4-10(13)5-3-9/h2-5,8H,6-7H2,1H3,(H,16,17). The molecule has 0 aliphatic carbocycles. The van der Waals surface area contributed by atoms with E-state index in [4.69, 9.17) is 39.9 Å². The Balaban J connectivity index is 2.58. The van der Waals surface area contributed by atoms with Gasteiger partial charge in [-0.25, -0.2) is 4.79 Å². The molecule has 0 heterocycles. The summed E-state index contributed by atoms with van der Waals surface area (Å²) in [7, 11) is 0. The minimum absolute atomic E-state index is 0.0716. The van der Waals surface area contributed by atoms with Gasteiger partial charge in [-0.3, -0.25) is 0 Å². The number of hydrogen-bond acceptors (Lipinski definition) is 1. The van der Waals surface area contributed by atoms with Crippen molar-refractivity contribution in [1.29, 1.82) is 0 Å². The van der Waals surface area contributed by atoms with Crippen LogP contribution < -0.4 is 0 Å². The molecule has 0 aliphatic heterocycles. The molecule has 1 N–H and O–H groups in total. The number of halogens is 3. The average molecular weight is 296 g/mol. The van der Waals surface area contributed by atoms with Crippen molar-refractivity contribution in [3.8, 4) is 0 Å². The van der Waals surface area contributed by atoms with Gasteiger partial charge in [-0.15, -0.1) is 0 Å². The smallest absolute Gasteiger partial charge is 0.340 e. The summed E-state index contributed by atoms with van der Waals surface area (Å²) in [6.45, 7) is 1.91. The van der Waals surface area contributed by atoms with Gasteiger partial charge in [0.15, 0.2) is 0 Å². The lowest BCUT2D eigenvalue weighted by Crippen LogP contribution is -2.28. The molecule has 0 fully saturated rings. The molecule has 0 spiro atoms. The van der Waals surface area contributed by atoms with Crippen LogP contribution in [0.25, 0.3) is 0 Å². The Morgan fingerprint density at radius 2 is 1.88 bits per heavy atom. The van der Waals surface area contributed by atoms with E-state index in [1.807, 2.05) is 19.1 Å². The molecular formula is C12H13Cl3O2. The van der Waals surface area contributed by atoms with E-state index in [-0.39, 0.29) is 12.3 Å². The van der Waals surface area contributed by atoms with Crippen molar-refractivity contribution in [3.63, 3.8) is 0 Å². The third kappa shape index (κ3) is 4.74. The van der Waals surface area contributed by atoms with Gasteiger partial charge in [0.05, 0.1) is 0 Å². The van der Waals surface area contributed by atoms with Crippen molar-refractivity contribution in [3.05, 3.63) is 34.9 Å². The summed E-state index contributed by atoms with van der Waals surface area (Å²) in [5.74, 6) is -1.13. The number of hydrogen-bond donors (Lipinski definition) is 1. The highest BCUT2D eigenvalue weighted by molar-refractivity contribution is 6.57. The SMILES string of the molecule is CC(Cc1ccc(Cl)cc1)CC(Cl)(Cl)C(=O)O. The third-order valence-corrected chi connectivity index (χ3v) is 3.30. The van der Waals surface area contributed by atoms with E-state index in [2.05, 4.69) is 0 Å². The number of rotatable bonds is 5. The van der Waals surface area contributed by atoms with E-state index < -0.39 is 10.3 Å². The van der Waals surface area contributed by atoms with Crippen LogP contribution in [0, 0.1) is 5.92 Å². The number of carboxylic acid groups (broad SMARTS) is 1. The maximum absolute atomic E-state index is 10.8. The predicted octanol–water partition coefficient (Wildman–Crippen LogP) is 4.17. The van der Waals surface area contributed by atoms with Crippen LogP contribution in [0.15, 0.2) is 24.3 Å². The summed E-state index contributed by atoms with van der Waals surface area (Å²) in [6, 6.07) is 7.42. The molecule has 0 radical (unpaired) electrons. The second-order valence-corrected chi connectivity index (χ2v) is 6.07. The van der Waals surface area contributed by atoms with Gasteiger partial charge < -0.3 is 5.11 Å². The quantitative estimate of drug-likeness (QED) is 0.828. The number of alkyl halides is 2. The molecule has 0 aromatic heterocycles. The fourth-order valence-electron chi connectivity index (χ4n) is 1.62. The minimum atomic E-state index is -1.72. The number of carbonyl (C=O) groups is 1. The molecule has 2 nitrogen and oxygen atoms in total. The first-order valence-electron chi connectivity index (χ1n) is 5.17. The lowest BCUT2D eigenvalue weighted by atomic mass is 9.96. The highest BCUT2D eigenvalue weighted by atomic mass is 35.5. The fraction of sp³-hybridized carbons (Fsp3) is 0.417. The normalized spacial score (nSPS) is 13.4. The number of aliphatic carboxylic acids is 1. The van der Waals surface area contributed by atoms with Crippen molar-refractivity contribution in [2.24, 2.45) is 5.92 Å². The van der Waals surface area contributed by atoms with E-state index >= 15 is 0 Å². The molecule has 17 heavy (non-hydrogen) atoms. The van der Waals surface area contributed by atoms with Crippen LogP contribution in [0.5, 0.6) is 0 Å². The first kappa shape index (κ1) is 14.6. The molecule has 0 saturated heterocycles. The third-order valence-electron chi connectivity index (χ3n) is 2.42. The number of benzene rings is 1. The molecule has 1 unspecified atom stereocenters. The molecule has 1 rings (SSSR count). The van der Waals surface area contributed by atoms with Crippen LogP contribution in [0.2, 0.25) is 5.02 Å². The molecular weight excluding hydrogens is 282 g/mol. The first-order valence-corrected chi connectivity index (χ1v) is 6.30. The summed E-state index contributed by atoms with van der Waals surface area (Å²) in [5.41, 5.74) is 1.08. The Labute approximate surface area is 115 Å². The minimum Gasteiger partial charge on any atom is -0.479 e. The van der Waals surface area contributed by atoms with Gasteiger partial charge in [-0.05, 0) is 36.5 Å². The Hall–Kier alpha value is -0.440. The van der Waals surface area contributed by atoms with Gasteiger partial charge in [-0.2, -0.15) is 0 Å². The fourth-order valence-corrected chi connectivity index (χ4v) is 2.27. The lowest BCUT2D eigenvalue weighted by Gasteiger charge is -2.19. The zero-order valence-corrected chi connectivity index (χ0v) is 11.6. The second kappa shape index (κ2) is 5.94. The van der Waals surface area contributed by atoms with Crippen molar-refractivity contribution < 1.29 is 9.90 Å². The largest absolute Gasteiger partial charge is 0.479 e. The molecule has 0 aliphatic rings. The predicted molar refractivity (Wildman–Crippen MR) is 71.0 cm³/mol. The van der Waals surface area contributed by atoms with Crippen LogP contribution in [-0.4, -0.2) is 15.4 Å². The molecule has 94 valence electrons. The monoisotopic (exact) mass is 294 g/mol. The zero-order valence-electron chi connectivity index (χ0n) is 9.29. The van der Waals surface area contributed by atoms with Crippen molar-refractivity contribution >= 4 is 40.8 Å². The van der Waals surface area contributed by atoms with E-state index in [9.17, 15) is 4.79 Å². The summed E-state index contributed by atoms with van der Waals surface area (Å²) >= 11 is 17.2. The van der Waals surface area contributed by atoms with Gasteiger partial charge in [0.25, 0.3) is 0 Å². The van der Waals surface area contributed by atoms with Gasteiger partial charge in [0.2, 0.25) is 4.33 Å². The summed E-state index contributed by atoms with van der Waals surface area (Å²) < 4.78 is -1.72. The maximum atomic E-state index is 10.8. The zero-order chi connectivity index (χ0) is 13.1. The average Bonchev–Trinajstić information content (AvgIpc) is 2.20.